The Bertz CT molecular complexity index is 1350. The fourth-order valence-electron chi connectivity index (χ4n) is 3.93. The third-order valence-electron chi connectivity index (χ3n) is 5.76. The highest BCUT2D eigenvalue weighted by Crippen LogP contribution is 2.27. The summed E-state index contributed by atoms with van der Waals surface area (Å²) in [6.45, 7) is 4.15. The second-order valence-corrected chi connectivity index (χ2v) is 8.44. The van der Waals surface area contributed by atoms with Gasteiger partial charge in [0.15, 0.2) is 0 Å². The number of aryl methyl sites for hydroxylation is 2. The van der Waals surface area contributed by atoms with Gasteiger partial charge in [0.1, 0.15) is 23.7 Å². The summed E-state index contributed by atoms with van der Waals surface area (Å²) in [5, 5.41) is 2.90. The van der Waals surface area contributed by atoms with Gasteiger partial charge in [-0.15, -0.1) is 0 Å². The highest BCUT2D eigenvalue weighted by molar-refractivity contribution is 6.03. The molecule has 9 heteroatoms. The maximum atomic E-state index is 12.8. The summed E-state index contributed by atoms with van der Waals surface area (Å²) in [6.07, 6.45) is 5.31. The highest BCUT2D eigenvalue weighted by Gasteiger charge is 2.35. The summed E-state index contributed by atoms with van der Waals surface area (Å²) < 4.78 is 7.67. The van der Waals surface area contributed by atoms with Crippen molar-refractivity contribution in [2.24, 2.45) is 5.92 Å². The zero-order chi connectivity index (χ0) is 24.4. The van der Waals surface area contributed by atoms with Crippen molar-refractivity contribution in [3.63, 3.8) is 0 Å². The number of nitrogens with one attached hydrogen (secondary N) is 1. The molecule has 0 spiro atoms. The van der Waals surface area contributed by atoms with Gasteiger partial charge in [0, 0.05) is 42.8 Å². The number of hydrogen-bond acceptors (Lipinski definition) is 6. The van der Waals surface area contributed by atoms with Crippen LogP contribution in [0.25, 0.3) is 5.82 Å². The lowest BCUT2D eigenvalue weighted by molar-refractivity contribution is -0.122. The minimum absolute atomic E-state index is 0.0482. The third-order valence-corrected chi connectivity index (χ3v) is 5.76. The highest BCUT2D eigenvalue weighted by atomic mass is 16.5. The minimum atomic E-state index is -0.412. The topological polar surface area (TPSA) is 102 Å². The monoisotopic (exact) mass is 468 g/mol. The van der Waals surface area contributed by atoms with Crippen LogP contribution in [0.15, 0.2) is 73.3 Å². The van der Waals surface area contributed by atoms with Crippen LogP contribution in [0.5, 0.6) is 11.6 Å². The van der Waals surface area contributed by atoms with Crippen molar-refractivity contribution in [2.75, 3.05) is 16.8 Å². The summed E-state index contributed by atoms with van der Waals surface area (Å²) in [4.78, 5) is 39.7. The molecule has 9 nitrogen and oxygen atoms in total. The number of anilines is 2. The van der Waals surface area contributed by atoms with Gasteiger partial charge in [0.2, 0.25) is 17.7 Å². The van der Waals surface area contributed by atoms with Gasteiger partial charge in [-0.1, -0.05) is 17.7 Å². The van der Waals surface area contributed by atoms with Gasteiger partial charge >= 0.3 is 0 Å². The Morgan fingerprint density at radius 3 is 2.54 bits per heavy atom. The lowest BCUT2D eigenvalue weighted by Gasteiger charge is -2.17. The van der Waals surface area contributed by atoms with Crippen molar-refractivity contribution < 1.29 is 14.3 Å². The van der Waals surface area contributed by atoms with E-state index in [0.29, 0.717) is 35.5 Å². The number of carbonyl (C=O) groups is 2. The quantitative estimate of drug-likeness (QED) is 0.458. The van der Waals surface area contributed by atoms with Crippen LogP contribution in [0.2, 0.25) is 0 Å². The zero-order valence-corrected chi connectivity index (χ0v) is 19.4. The molecule has 1 aliphatic heterocycles. The van der Waals surface area contributed by atoms with Crippen LogP contribution in [0.3, 0.4) is 0 Å². The van der Waals surface area contributed by atoms with E-state index in [0.717, 1.165) is 11.3 Å². The molecule has 3 heterocycles. The van der Waals surface area contributed by atoms with E-state index in [1.54, 1.807) is 65.4 Å². The average molecular weight is 469 g/mol. The van der Waals surface area contributed by atoms with Gasteiger partial charge in [0.25, 0.3) is 0 Å². The molecule has 0 radical (unpaired) electrons. The van der Waals surface area contributed by atoms with Crippen molar-refractivity contribution in [3.05, 3.63) is 84.7 Å². The summed E-state index contributed by atoms with van der Waals surface area (Å²) in [6, 6.07) is 16.5. The molecule has 2 aromatic heterocycles. The zero-order valence-electron chi connectivity index (χ0n) is 19.4. The standard InChI is InChI=1S/C26H24N6O3/c1-17-3-7-21(8-4-17)32-15-19(13-25(32)33)26(34)30-20-5-9-22(10-6-20)35-24-14-23(28-18(2)29-24)31-12-11-27-16-31/h3-12,14,16,19H,13,15H2,1-2H3,(H,30,34). The Kier molecular flexibility index (Phi) is 5.97. The van der Waals surface area contributed by atoms with E-state index in [1.165, 1.54) is 0 Å². The van der Waals surface area contributed by atoms with E-state index in [-0.39, 0.29) is 18.2 Å². The number of hydrogen-bond donors (Lipinski definition) is 1. The van der Waals surface area contributed by atoms with Crippen molar-refractivity contribution in [1.82, 2.24) is 19.5 Å². The van der Waals surface area contributed by atoms with Crippen LogP contribution in [0, 0.1) is 19.8 Å². The van der Waals surface area contributed by atoms with Crippen LogP contribution in [0.1, 0.15) is 17.8 Å². The number of ether oxygens (including phenoxy) is 1. The Hall–Kier alpha value is -4.53. The summed E-state index contributed by atoms with van der Waals surface area (Å²) in [5.41, 5.74) is 2.56. The molecule has 1 unspecified atom stereocenters. The number of imidazole rings is 1. The maximum absolute atomic E-state index is 12.8. The minimum Gasteiger partial charge on any atom is -0.439 e. The molecular formula is C26H24N6O3. The third kappa shape index (κ3) is 5.03. The smallest absolute Gasteiger partial charge is 0.229 e. The predicted molar refractivity (Wildman–Crippen MR) is 131 cm³/mol. The van der Waals surface area contributed by atoms with Gasteiger partial charge in [-0.3, -0.25) is 14.2 Å². The molecule has 1 saturated heterocycles. The lowest BCUT2D eigenvalue weighted by atomic mass is 10.1. The Morgan fingerprint density at radius 1 is 1.06 bits per heavy atom. The summed E-state index contributed by atoms with van der Waals surface area (Å²) in [5.74, 6) is 1.55. The number of carbonyl (C=O) groups excluding carboxylic acids is 2. The van der Waals surface area contributed by atoms with Gasteiger partial charge in [-0.05, 0) is 50.2 Å². The van der Waals surface area contributed by atoms with Crippen LogP contribution in [-0.4, -0.2) is 37.9 Å². The van der Waals surface area contributed by atoms with Crippen LogP contribution < -0.4 is 15.0 Å². The first-order valence-electron chi connectivity index (χ1n) is 11.2. The van der Waals surface area contributed by atoms with E-state index in [4.69, 9.17) is 4.74 Å². The maximum Gasteiger partial charge on any atom is 0.229 e. The summed E-state index contributed by atoms with van der Waals surface area (Å²) in [7, 11) is 0. The average Bonchev–Trinajstić information content (AvgIpc) is 3.51. The molecule has 2 aromatic carbocycles. The largest absolute Gasteiger partial charge is 0.439 e. The molecule has 0 bridgehead atoms. The molecule has 0 aliphatic carbocycles. The van der Waals surface area contributed by atoms with E-state index in [1.807, 2.05) is 31.2 Å². The SMILES string of the molecule is Cc1ccc(N2CC(C(=O)Nc3ccc(Oc4cc(-n5ccnc5)nc(C)n4)cc3)CC2=O)cc1. The van der Waals surface area contributed by atoms with Crippen LogP contribution in [0.4, 0.5) is 11.4 Å². The van der Waals surface area contributed by atoms with Crippen molar-refractivity contribution in [3.8, 4) is 17.4 Å². The molecule has 1 fully saturated rings. The number of amides is 2. The van der Waals surface area contributed by atoms with Gasteiger partial charge in [-0.2, -0.15) is 4.98 Å². The van der Waals surface area contributed by atoms with Gasteiger partial charge in [-0.25, -0.2) is 9.97 Å². The number of aromatic nitrogens is 4. The molecular weight excluding hydrogens is 444 g/mol. The van der Waals surface area contributed by atoms with Crippen LogP contribution in [-0.2, 0) is 9.59 Å². The van der Waals surface area contributed by atoms with Crippen LogP contribution >= 0.6 is 0 Å². The first-order chi connectivity index (χ1) is 16.9. The summed E-state index contributed by atoms with van der Waals surface area (Å²) >= 11 is 0. The molecule has 1 atom stereocenters. The van der Waals surface area contributed by atoms with Gasteiger partial charge < -0.3 is 15.0 Å². The van der Waals surface area contributed by atoms with E-state index in [2.05, 4.69) is 20.3 Å². The molecule has 4 aromatic rings. The molecule has 1 N–H and O–H groups in total. The Morgan fingerprint density at radius 2 is 1.83 bits per heavy atom. The van der Waals surface area contributed by atoms with Crippen molar-refractivity contribution in [1.29, 1.82) is 0 Å². The number of benzene rings is 2. The van der Waals surface area contributed by atoms with E-state index in [9.17, 15) is 9.59 Å². The van der Waals surface area contributed by atoms with Gasteiger partial charge in [0.05, 0.1) is 5.92 Å². The number of rotatable bonds is 6. The lowest BCUT2D eigenvalue weighted by Crippen LogP contribution is -2.28. The fraction of sp³-hybridized carbons (Fsp3) is 0.192. The molecule has 2 amide bonds. The number of nitrogens with zero attached hydrogens (tertiary/aromatic N) is 5. The molecule has 5 rings (SSSR count). The predicted octanol–water partition coefficient (Wildman–Crippen LogP) is 4.06. The fourth-order valence-corrected chi connectivity index (χ4v) is 3.93. The molecule has 1 aliphatic rings. The Labute approximate surface area is 202 Å². The first kappa shape index (κ1) is 22.3. The van der Waals surface area contributed by atoms with E-state index >= 15 is 0 Å². The van der Waals surface area contributed by atoms with Crippen molar-refractivity contribution in [2.45, 2.75) is 20.3 Å². The van der Waals surface area contributed by atoms with Crippen molar-refractivity contribution >= 4 is 23.2 Å². The Balaban J connectivity index is 1.22. The first-order valence-corrected chi connectivity index (χ1v) is 11.2. The molecule has 176 valence electrons. The molecule has 0 saturated carbocycles. The second-order valence-electron chi connectivity index (χ2n) is 8.44. The van der Waals surface area contributed by atoms with E-state index < -0.39 is 5.92 Å². The second kappa shape index (κ2) is 9.38. The molecule has 35 heavy (non-hydrogen) atoms. The normalized spacial score (nSPS) is 15.3.